The van der Waals surface area contributed by atoms with Crippen LogP contribution < -0.4 is 4.90 Å². The summed E-state index contributed by atoms with van der Waals surface area (Å²) in [6, 6.07) is 61.7. The number of hydrogen-bond acceptors (Lipinski definition) is 2. The molecule has 60 heavy (non-hydrogen) atoms. The maximum atomic E-state index is 13.9. The van der Waals surface area contributed by atoms with Gasteiger partial charge in [0.15, 0.2) is 0 Å². The van der Waals surface area contributed by atoms with Crippen molar-refractivity contribution in [1.29, 1.82) is 0 Å². The van der Waals surface area contributed by atoms with Gasteiger partial charge in [-0.15, -0.1) is 0 Å². The molecule has 0 N–H and O–H groups in total. The summed E-state index contributed by atoms with van der Waals surface area (Å²) in [7, 11) is 0. The average Bonchev–Trinajstić information content (AvgIpc) is 3.95. The van der Waals surface area contributed by atoms with Crippen LogP contribution in [0.5, 0.6) is 0 Å². The lowest BCUT2D eigenvalue weighted by atomic mass is 9.76. The van der Waals surface area contributed by atoms with Crippen LogP contribution >= 0.6 is 0 Å². The molecule has 12 rings (SSSR count). The summed E-state index contributed by atoms with van der Waals surface area (Å²) < 4.78 is 22.6. The van der Waals surface area contributed by atoms with Crippen LogP contribution in [0.2, 0.25) is 0 Å². The number of benzene rings is 8. The van der Waals surface area contributed by atoms with E-state index in [4.69, 9.17) is 4.42 Å². The molecule has 8 aromatic carbocycles. The first-order valence-electron chi connectivity index (χ1n) is 20.8. The van der Waals surface area contributed by atoms with E-state index < -0.39 is 0 Å². The molecular weight excluding hydrogens is 736 g/mol. The molecule has 2 aromatic heterocycles. The number of furan rings is 1. The highest BCUT2D eigenvalue weighted by molar-refractivity contribution is 6.12. The van der Waals surface area contributed by atoms with Crippen LogP contribution in [0.25, 0.3) is 71.7 Å². The Hall–Kier alpha value is -7.17. The summed E-state index contributed by atoms with van der Waals surface area (Å²) in [5, 5.41) is 4.59. The van der Waals surface area contributed by atoms with Crippen LogP contribution in [0.1, 0.15) is 49.9 Å². The van der Waals surface area contributed by atoms with Gasteiger partial charge in [0.05, 0.1) is 11.0 Å². The Labute approximate surface area is 348 Å². The van der Waals surface area contributed by atoms with Crippen LogP contribution in [-0.2, 0) is 10.8 Å². The molecule has 0 atom stereocenters. The molecule has 0 unspecified atom stereocenters. The van der Waals surface area contributed by atoms with Crippen molar-refractivity contribution in [3.8, 4) is 16.8 Å². The van der Waals surface area contributed by atoms with Crippen molar-refractivity contribution in [3.05, 3.63) is 204 Å². The minimum atomic E-state index is -0.236. The van der Waals surface area contributed by atoms with E-state index in [-0.39, 0.29) is 16.6 Å². The number of fused-ring (bicyclic) bond motifs is 10. The average molecular weight is 777 g/mol. The predicted octanol–water partition coefficient (Wildman–Crippen LogP) is 15.5. The molecular formula is C56H41FN2O. The van der Waals surface area contributed by atoms with Gasteiger partial charge in [-0.3, -0.25) is 0 Å². The minimum Gasteiger partial charge on any atom is -0.456 e. The van der Waals surface area contributed by atoms with E-state index >= 15 is 0 Å². The molecule has 0 fully saturated rings. The van der Waals surface area contributed by atoms with Crippen molar-refractivity contribution < 1.29 is 8.81 Å². The lowest BCUT2D eigenvalue weighted by Crippen LogP contribution is -2.20. The highest BCUT2D eigenvalue weighted by atomic mass is 19.1. The molecule has 0 radical (unpaired) electrons. The van der Waals surface area contributed by atoms with Gasteiger partial charge in [-0.2, -0.15) is 0 Å². The lowest BCUT2D eigenvalue weighted by molar-refractivity contribution is 0.628. The van der Waals surface area contributed by atoms with Gasteiger partial charge in [-0.25, -0.2) is 4.39 Å². The Morgan fingerprint density at radius 1 is 0.450 bits per heavy atom. The second kappa shape index (κ2) is 12.4. The third-order valence-electron chi connectivity index (χ3n) is 13.4. The maximum absolute atomic E-state index is 13.9. The highest BCUT2D eigenvalue weighted by Gasteiger charge is 2.49. The van der Waals surface area contributed by atoms with Crippen LogP contribution in [-0.4, -0.2) is 4.57 Å². The number of halogens is 1. The molecule has 0 saturated heterocycles. The van der Waals surface area contributed by atoms with Gasteiger partial charge in [-0.05, 0) is 123 Å². The van der Waals surface area contributed by atoms with Gasteiger partial charge in [-0.1, -0.05) is 119 Å². The number of anilines is 3. The summed E-state index contributed by atoms with van der Waals surface area (Å²) in [6.07, 6.45) is 0. The third-order valence-corrected chi connectivity index (χ3v) is 13.4. The number of allylic oxidation sites excluding steroid dienone is 2. The predicted molar refractivity (Wildman–Crippen MR) is 247 cm³/mol. The van der Waals surface area contributed by atoms with Crippen molar-refractivity contribution in [1.82, 2.24) is 4.57 Å². The van der Waals surface area contributed by atoms with Crippen LogP contribution in [0.4, 0.5) is 21.5 Å². The first-order valence-corrected chi connectivity index (χ1v) is 20.8. The Morgan fingerprint density at radius 2 is 1.03 bits per heavy atom. The van der Waals surface area contributed by atoms with Gasteiger partial charge in [0.25, 0.3) is 0 Å². The molecule has 0 spiro atoms. The topological polar surface area (TPSA) is 21.3 Å². The summed E-state index contributed by atoms with van der Waals surface area (Å²) >= 11 is 0. The third kappa shape index (κ3) is 4.88. The van der Waals surface area contributed by atoms with Crippen molar-refractivity contribution in [2.75, 3.05) is 4.90 Å². The van der Waals surface area contributed by atoms with Gasteiger partial charge >= 0.3 is 0 Å². The molecule has 3 nitrogen and oxygen atoms in total. The summed E-state index contributed by atoms with van der Waals surface area (Å²) in [5.41, 5.74) is 18.4. The second-order valence-corrected chi connectivity index (χ2v) is 17.5. The van der Waals surface area contributed by atoms with E-state index in [1.165, 1.54) is 56.3 Å². The zero-order chi connectivity index (χ0) is 40.5. The number of aromatic nitrogens is 1. The minimum absolute atomic E-state index is 0.0972. The molecule has 0 bridgehead atoms. The summed E-state index contributed by atoms with van der Waals surface area (Å²) in [5.74, 6) is -0.236. The second-order valence-electron chi connectivity index (χ2n) is 17.5. The van der Waals surface area contributed by atoms with E-state index in [1.807, 2.05) is 24.3 Å². The molecule has 10 aromatic rings. The SMILES string of the molecule is CC1(C)C2=C(c3ccccc31)C(C)(C)c1cc(N(c3ccc(-c4ccc(F)cc4)cc3)c3ccc4c(c3)c3ccccc3n4-c3ccc4c(c3)oc3ccccc34)ccc12. The standard InChI is InChI=1S/C56H41FN2O/c1-55(2)47-14-8-5-13-44(47)53-54(55)45-29-26-39(32-48(45)56(53,3)4)58(37-23-19-35(20-24-37)34-17-21-36(57)22-18-34)38-27-30-50-46(31-38)41-11-6-9-15-49(41)59(50)40-25-28-43-42-12-7-10-16-51(42)60-52(43)33-40/h5-33H,1-4H3. The zero-order valence-electron chi connectivity index (χ0n) is 33.9. The highest BCUT2D eigenvalue weighted by Crippen LogP contribution is 2.63. The fourth-order valence-electron chi connectivity index (χ4n) is 10.6. The Kier molecular flexibility index (Phi) is 7.21. The Morgan fingerprint density at radius 3 is 1.83 bits per heavy atom. The molecule has 288 valence electrons. The summed E-state index contributed by atoms with van der Waals surface area (Å²) in [6.45, 7) is 9.54. The largest absolute Gasteiger partial charge is 0.456 e. The van der Waals surface area contributed by atoms with Gasteiger partial charge in [0, 0.05) is 61.2 Å². The Balaban J connectivity index is 1.03. The van der Waals surface area contributed by atoms with E-state index in [1.54, 1.807) is 0 Å². The first kappa shape index (κ1) is 34.8. The first-order chi connectivity index (χ1) is 29.2. The van der Waals surface area contributed by atoms with Gasteiger partial charge < -0.3 is 13.9 Å². The van der Waals surface area contributed by atoms with Crippen LogP contribution in [0, 0.1) is 5.82 Å². The van der Waals surface area contributed by atoms with Gasteiger partial charge in [0.2, 0.25) is 0 Å². The molecule has 2 aliphatic carbocycles. The number of nitrogens with zero attached hydrogens (tertiary/aromatic N) is 2. The van der Waals surface area contributed by atoms with Crippen molar-refractivity contribution in [2.45, 2.75) is 38.5 Å². The lowest BCUT2D eigenvalue weighted by Gasteiger charge is -2.31. The molecule has 4 heteroatoms. The van der Waals surface area contributed by atoms with Crippen molar-refractivity contribution in [3.63, 3.8) is 0 Å². The smallest absolute Gasteiger partial charge is 0.137 e. The van der Waals surface area contributed by atoms with Crippen LogP contribution in [0.3, 0.4) is 0 Å². The van der Waals surface area contributed by atoms with Crippen molar-refractivity contribution >= 4 is 72.0 Å². The maximum Gasteiger partial charge on any atom is 0.137 e. The fourth-order valence-corrected chi connectivity index (χ4v) is 10.6. The van der Waals surface area contributed by atoms with Crippen molar-refractivity contribution in [2.24, 2.45) is 0 Å². The number of para-hydroxylation sites is 2. The summed E-state index contributed by atoms with van der Waals surface area (Å²) in [4.78, 5) is 2.39. The van der Waals surface area contributed by atoms with E-state index in [2.05, 4.69) is 177 Å². The number of rotatable bonds is 5. The van der Waals surface area contributed by atoms with E-state index in [9.17, 15) is 4.39 Å². The molecule has 0 saturated carbocycles. The number of hydrogen-bond donors (Lipinski definition) is 0. The molecule has 2 heterocycles. The Bertz CT molecular complexity index is 3430. The van der Waals surface area contributed by atoms with E-state index in [0.717, 1.165) is 66.8 Å². The quantitative estimate of drug-likeness (QED) is 0.174. The zero-order valence-corrected chi connectivity index (χ0v) is 33.9. The van der Waals surface area contributed by atoms with Gasteiger partial charge in [0.1, 0.15) is 17.0 Å². The van der Waals surface area contributed by atoms with Crippen LogP contribution in [0.15, 0.2) is 180 Å². The molecule has 2 aliphatic rings. The van der Waals surface area contributed by atoms with E-state index in [0.29, 0.717) is 0 Å². The normalized spacial score (nSPS) is 14.9. The molecule has 0 aliphatic heterocycles. The molecule has 0 amide bonds. The fraction of sp³-hybridized carbons (Fsp3) is 0.107. The monoisotopic (exact) mass is 776 g/mol.